The van der Waals surface area contributed by atoms with Crippen LogP contribution in [0.5, 0.6) is 0 Å². The van der Waals surface area contributed by atoms with E-state index in [1.54, 1.807) is 0 Å². The fraction of sp³-hybridized carbons (Fsp3) is 0.733. The molecule has 0 radical (unpaired) electrons. The van der Waals surface area contributed by atoms with Gasteiger partial charge in [0.15, 0.2) is 24.6 Å². The first-order valence-corrected chi connectivity index (χ1v) is 6.90. The number of carbonyl (C=O) groups is 4. The Kier molecular flexibility index (Phi) is 5.63. The third-order valence-electron chi connectivity index (χ3n) is 3.03. The van der Waals surface area contributed by atoms with E-state index in [1.165, 1.54) is 7.11 Å². The van der Waals surface area contributed by atoms with E-state index >= 15 is 0 Å². The number of hydrogen-bond donors (Lipinski definition) is 0. The molecule has 1 fully saturated rings. The van der Waals surface area contributed by atoms with Crippen LogP contribution in [0, 0.1) is 0 Å². The van der Waals surface area contributed by atoms with Crippen molar-refractivity contribution in [2.45, 2.75) is 58.3 Å². The summed E-state index contributed by atoms with van der Waals surface area (Å²) in [7, 11) is 1.18. The minimum absolute atomic E-state index is 0.526. The van der Waals surface area contributed by atoms with Gasteiger partial charge in [0.2, 0.25) is 0 Å². The van der Waals surface area contributed by atoms with Crippen molar-refractivity contribution in [3.8, 4) is 0 Å². The Hall–Kier alpha value is -2.20. The normalized spacial score (nSPS) is 30.7. The standard InChI is InChI=1S/C15H22O10/c1-7(16)21-6-11-12(22-8(2)17)13(23-9(3)18)14(24-10(4)19)15(20-5)25-11/h11-15H,6H2,1-5H3/t11-,12-,13+,14+,15?/m1/s1/i1D,2D,3D,4D. The summed E-state index contributed by atoms with van der Waals surface area (Å²) in [6.45, 7) is -3.57. The highest BCUT2D eigenvalue weighted by Gasteiger charge is 2.52. The molecule has 1 aliphatic heterocycles. The van der Waals surface area contributed by atoms with Gasteiger partial charge in [0, 0.05) is 40.2 Å². The number of carbonyl (C=O) groups excluding carboxylic acids is 4. The summed E-state index contributed by atoms with van der Waals surface area (Å²) in [5.41, 5.74) is 0. The molecular formula is C15H22O10. The van der Waals surface area contributed by atoms with E-state index in [2.05, 4.69) is 0 Å². The predicted octanol–water partition coefficient (Wildman–Crippen LogP) is -0.284. The molecule has 0 amide bonds. The summed E-state index contributed by atoms with van der Waals surface area (Å²) in [6, 6.07) is 0. The molecule has 0 aromatic rings. The largest absolute Gasteiger partial charge is 0.463 e. The van der Waals surface area contributed by atoms with E-state index in [0.717, 1.165) is 0 Å². The Labute approximate surface area is 150 Å². The second-order valence-electron chi connectivity index (χ2n) is 4.83. The fourth-order valence-corrected chi connectivity index (χ4v) is 2.23. The molecule has 0 spiro atoms. The highest BCUT2D eigenvalue weighted by molar-refractivity contribution is 5.68. The lowest BCUT2D eigenvalue weighted by molar-refractivity contribution is -0.302. The van der Waals surface area contributed by atoms with Gasteiger partial charge in [0.1, 0.15) is 12.7 Å². The van der Waals surface area contributed by atoms with Crippen LogP contribution in [0.2, 0.25) is 0 Å². The zero-order valence-electron chi connectivity index (χ0n) is 17.5. The molecule has 0 aliphatic carbocycles. The Morgan fingerprint density at radius 3 is 1.88 bits per heavy atom. The summed E-state index contributed by atoms with van der Waals surface area (Å²) < 4.78 is 59.0. The summed E-state index contributed by atoms with van der Waals surface area (Å²) in [4.78, 5) is 46.4. The number of hydrogen-bond acceptors (Lipinski definition) is 10. The highest BCUT2D eigenvalue weighted by Crippen LogP contribution is 2.29. The number of ether oxygens (including phenoxy) is 6. The molecule has 1 heterocycles. The number of rotatable bonds is 6. The second kappa shape index (κ2) is 9.33. The van der Waals surface area contributed by atoms with E-state index in [1.807, 2.05) is 0 Å². The van der Waals surface area contributed by atoms with Crippen molar-refractivity contribution in [1.82, 2.24) is 0 Å². The lowest BCUT2D eigenvalue weighted by atomic mass is 9.98. The van der Waals surface area contributed by atoms with Gasteiger partial charge in [-0.2, -0.15) is 0 Å². The molecule has 0 saturated carbocycles. The van der Waals surface area contributed by atoms with Gasteiger partial charge in [-0.05, 0) is 0 Å². The Bertz CT molecular complexity index is 589. The summed E-state index contributed by atoms with van der Waals surface area (Å²) >= 11 is 0. The smallest absolute Gasteiger partial charge is 0.303 e. The van der Waals surface area contributed by atoms with Gasteiger partial charge in [0.05, 0.1) is 0 Å². The molecule has 0 aromatic heterocycles. The second-order valence-corrected chi connectivity index (χ2v) is 4.83. The van der Waals surface area contributed by atoms with Gasteiger partial charge in [0.25, 0.3) is 0 Å². The fourth-order valence-electron chi connectivity index (χ4n) is 2.23. The van der Waals surface area contributed by atoms with E-state index in [0.29, 0.717) is 0 Å². The van der Waals surface area contributed by atoms with E-state index in [4.69, 9.17) is 33.9 Å². The summed E-state index contributed by atoms with van der Waals surface area (Å²) in [5, 5.41) is 0. The highest BCUT2D eigenvalue weighted by atomic mass is 16.7. The molecule has 1 saturated heterocycles. The lowest BCUT2D eigenvalue weighted by Crippen LogP contribution is -2.62. The van der Waals surface area contributed by atoms with Crippen LogP contribution in [0.25, 0.3) is 0 Å². The van der Waals surface area contributed by atoms with E-state index in [9.17, 15) is 19.2 Å². The number of methoxy groups -OCH3 is 1. The molecule has 1 rings (SSSR count). The molecule has 10 heteroatoms. The first-order valence-electron chi connectivity index (χ1n) is 9.73. The maximum Gasteiger partial charge on any atom is 0.303 e. The van der Waals surface area contributed by atoms with Crippen LogP contribution in [0.4, 0.5) is 0 Å². The minimum atomic E-state index is -1.53. The van der Waals surface area contributed by atoms with Crippen LogP contribution >= 0.6 is 0 Å². The van der Waals surface area contributed by atoms with Crippen molar-refractivity contribution in [3.63, 3.8) is 0 Å². The molecule has 0 aromatic carbocycles. The minimum Gasteiger partial charge on any atom is -0.463 e. The first-order chi connectivity index (χ1) is 13.8. The van der Waals surface area contributed by atoms with Gasteiger partial charge >= 0.3 is 23.9 Å². The maximum absolute atomic E-state index is 11.7. The monoisotopic (exact) mass is 366 g/mol. The van der Waals surface area contributed by atoms with E-state index in [-0.39, 0.29) is 0 Å². The third kappa shape index (κ3) is 6.31. The first kappa shape index (κ1) is 15.1. The van der Waals surface area contributed by atoms with Crippen LogP contribution in [0.15, 0.2) is 0 Å². The molecule has 0 N–H and O–H groups in total. The van der Waals surface area contributed by atoms with Crippen LogP contribution in [-0.2, 0) is 47.6 Å². The van der Waals surface area contributed by atoms with Crippen LogP contribution in [0.3, 0.4) is 0 Å². The molecule has 5 atom stereocenters. The van der Waals surface area contributed by atoms with Crippen molar-refractivity contribution in [3.05, 3.63) is 0 Å². The SMILES string of the molecule is [2H]CC(=O)OC[C@H]1OC(OC)[C@@H](OC(=O)C[2H])[C@@H](OC(=O)C[2H])[C@@H]1OC(=O)C[2H]. The van der Waals surface area contributed by atoms with Gasteiger partial charge in [-0.1, -0.05) is 0 Å². The van der Waals surface area contributed by atoms with Crippen molar-refractivity contribution >= 4 is 23.9 Å². The Balaban J connectivity index is 3.25. The average molecular weight is 366 g/mol. The van der Waals surface area contributed by atoms with Crippen LogP contribution < -0.4 is 0 Å². The quantitative estimate of drug-likeness (QED) is 0.458. The molecule has 25 heavy (non-hydrogen) atoms. The van der Waals surface area contributed by atoms with Crippen molar-refractivity contribution < 1.29 is 53.1 Å². The molecule has 10 nitrogen and oxygen atoms in total. The van der Waals surface area contributed by atoms with Crippen LogP contribution in [0.1, 0.15) is 33.1 Å². The summed E-state index contributed by atoms with van der Waals surface area (Å²) in [5.74, 6) is -4.01. The van der Waals surface area contributed by atoms with Crippen LogP contribution in [-0.4, -0.2) is 68.3 Å². The molecule has 0 bridgehead atoms. The van der Waals surface area contributed by atoms with Crippen molar-refractivity contribution in [2.24, 2.45) is 0 Å². The Morgan fingerprint density at radius 2 is 1.36 bits per heavy atom. The summed E-state index contributed by atoms with van der Waals surface area (Å²) in [6.07, 6.45) is -7.12. The maximum atomic E-state index is 11.7. The van der Waals surface area contributed by atoms with Gasteiger partial charge in [-0.15, -0.1) is 0 Å². The average Bonchev–Trinajstić information content (AvgIpc) is 2.73. The molecular weight excluding hydrogens is 340 g/mol. The van der Waals surface area contributed by atoms with E-state index < -0.39 is 88.8 Å². The predicted molar refractivity (Wildman–Crippen MR) is 79.0 cm³/mol. The zero-order valence-corrected chi connectivity index (χ0v) is 13.5. The molecule has 1 aliphatic rings. The lowest BCUT2D eigenvalue weighted by Gasteiger charge is -2.43. The van der Waals surface area contributed by atoms with Crippen molar-refractivity contribution in [2.75, 3.05) is 13.7 Å². The van der Waals surface area contributed by atoms with Gasteiger partial charge in [-0.25, -0.2) is 0 Å². The topological polar surface area (TPSA) is 124 Å². The number of esters is 4. The van der Waals surface area contributed by atoms with Gasteiger partial charge in [-0.3, -0.25) is 19.2 Å². The van der Waals surface area contributed by atoms with Gasteiger partial charge < -0.3 is 28.4 Å². The van der Waals surface area contributed by atoms with Crippen molar-refractivity contribution in [1.29, 1.82) is 0 Å². The Morgan fingerprint density at radius 1 is 0.840 bits per heavy atom. The molecule has 1 unspecified atom stereocenters. The molecule has 142 valence electrons. The zero-order chi connectivity index (χ0) is 22.0. The third-order valence-corrected chi connectivity index (χ3v) is 3.03.